The van der Waals surface area contributed by atoms with Crippen LogP contribution in [0.4, 0.5) is 5.69 Å². The number of rotatable bonds is 4. The van der Waals surface area contributed by atoms with E-state index in [4.69, 9.17) is 10.8 Å². The van der Waals surface area contributed by atoms with E-state index in [1.54, 1.807) is 11.8 Å². The van der Waals surface area contributed by atoms with Crippen LogP contribution in [0, 0.1) is 0 Å². The Labute approximate surface area is 122 Å². The van der Waals surface area contributed by atoms with Gasteiger partial charge in [0.1, 0.15) is 0 Å². The second-order valence-electron chi connectivity index (χ2n) is 4.64. The normalized spacial score (nSPS) is 11.1. The van der Waals surface area contributed by atoms with Gasteiger partial charge < -0.3 is 5.73 Å². The molecule has 0 aliphatic heterocycles. The zero-order chi connectivity index (χ0) is 13.9. The molecule has 0 spiro atoms. The molecule has 0 unspecified atom stereocenters. The van der Waals surface area contributed by atoms with Crippen molar-refractivity contribution in [3.05, 3.63) is 54.2 Å². The monoisotopic (exact) mass is 283 g/mol. The van der Waals surface area contributed by atoms with Crippen molar-refractivity contribution < 1.29 is 0 Å². The Bertz CT molecular complexity index is 733. The van der Waals surface area contributed by atoms with Crippen LogP contribution >= 0.6 is 11.8 Å². The molecule has 0 aliphatic carbocycles. The summed E-state index contributed by atoms with van der Waals surface area (Å²) in [5.41, 5.74) is 8.96. The van der Waals surface area contributed by atoms with Gasteiger partial charge in [0.2, 0.25) is 0 Å². The minimum absolute atomic E-state index is 0.805. The topological polar surface area (TPSA) is 43.8 Å². The largest absolute Gasteiger partial charge is 0.399 e. The first-order valence-corrected chi connectivity index (χ1v) is 7.69. The smallest absolute Gasteiger partial charge is 0.0805 e. The third kappa shape index (κ3) is 2.51. The lowest BCUT2D eigenvalue weighted by Crippen LogP contribution is -1.96. The van der Waals surface area contributed by atoms with Crippen molar-refractivity contribution in [3.8, 4) is 0 Å². The number of aromatic nitrogens is 2. The van der Waals surface area contributed by atoms with Crippen molar-refractivity contribution in [2.45, 2.75) is 24.1 Å². The van der Waals surface area contributed by atoms with Gasteiger partial charge in [-0.2, -0.15) is 5.10 Å². The van der Waals surface area contributed by atoms with Gasteiger partial charge >= 0.3 is 0 Å². The lowest BCUT2D eigenvalue weighted by molar-refractivity contribution is 0.675. The summed E-state index contributed by atoms with van der Waals surface area (Å²) in [7, 11) is 0. The summed E-state index contributed by atoms with van der Waals surface area (Å²) in [6.45, 7) is 3.01. The minimum atomic E-state index is 0.805. The van der Waals surface area contributed by atoms with Crippen LogP contribution in [0.2, 0.25) is 0 Å². The number of nitrogen functional groups attached to an aromatic ring is 1. The number of aryl methyl sites for hydroxylation is 1. The van der Waals surface area contributed by atoms with Crippen LogP contribution in [0.1, 0.15) is 12.6 Å². The maximum atomic E-state index is 5.81. The number of benzene rings is 2. The molecule has 4 heteroatoms. The number of para-hydroxylation sites is 1. The molecule has 3 rings (SSSR count). The summed E-state index contributed by atoms with van der Waals surface area (Å²) < 4.78 is 2.06. The zero-order valence-electron chi connectivity index (χ0n) is 11.4. The highest BCUT2D eigenvalue weighted by Gasteiger charge is 2.09. The molecular weight excluding hydrogens is 266 g/mol. The Morgan fingerprint density at radius 3 is 2.80 bits per heavy atom. The van der Waals surface area contributed by atoms with Crippen molar-refractivity contribution in [2.75, 3.05) is 5.73 Å². The molecule has 20 heavy (non-hydrogen) atoms. The SMILES string of the molecule is CCn1nc(CSc2cccc(N)c2)c2ccccc21. The third-order valence-electron chi connectivity index (χ3n) is 3.27. The van der Waals surface area contributed by atoms with E-state index in [0.717, 1.165) is 23.7 Å². The Balaban J connectivity index is 1.88. The Kier molecular flexibility index (Phi) is 3.65. The van der Waals surface area contributed by atoms with Crippen LogP contribution in [0.3, 0.4) is 0 Å². The first kappa shape index (κ1) is 13.1. The number of hydrogen-bond donors (Lipinski definition) is 1. The molecule has 0 fully saturated rings. The Morgan fingerprint density at radius 2 is 2.00 bits per heavy atom. The second kappa shape index (κ2) is 5.59. The summed E-state index contributed by atoms with van der Waals surface area (Å²) in [6.07, 6.45) is 0. The lowest BCUT2D eigenvalue weighted by Gasteiger charge is -2.01. The highest BCUT2D eigenvalue weighted by Crippen LogP contribution is 2.27. The van der Waals surface area contributed by atoms with E-state index in [2.05, 4.69) is 41.9 Å². The van der Waals surface area contributed by atoms with Gasteiger partial charge in [0.25, 0.3) is 0 Å². The van der Waals surface area contributed by atoms with Gasteiger partial charge in [0.15, 0.2) is 0 Å². The molecule has 0 aliphatic rings. The highest BCUT2D eigenvalue weighted by atomic mass is 32.2. The molecule has 0 radical (unpaired) electrons. The van der Waals surface area contributed by atoms with E-state index < -0.39 is 0 Å². The summed E-state index contributed by atoms with van der Waals surface area (Å²) in [5, 5.41) is 5.95. The van der Waals surface area contributed by atoms with Crippen molar-refractivity contribution in [2.24, 2.45) is 0 Å². The van der Waals surface area contributed by atoms with E-state index in [0.29, 0.717) is 0 Å². The third-order valence-corrected chi connectivity index (χ3v) is 4.27. The molecular formula is C16H17N3S. The zero-order valence-corrected chi connectivity index (χ0v) is 12.2. The maximum Gasteiger partial charge on any atom is 0.0805 e. The molecule has 0 bridgehead atoms. The molecule has 3 aromatic rings. The molecule has 1 heterocycles. The van der Waals surface area contributed by atoms with Gasteiger partial charge in [-0.25, -0.2) is 0 Å². The van der Waals surface area contributed by atoms with E-state index in [9.17, 15) is 0 Å². The molecule has 2 aromatic carbocycles. The number of hydrogen-bond acceptors (Lipinski definition) is 3. The average molecular weight is 283 g/mol. The molecule has 0 amide bonds. The van der Waals surface area contributed by atoms with Gasteiger partial charge in [-0.1, -0.05) is 24.3 Å². The molecule has 1 aromatic heterocycles. The summed E-state index contributed by atoms with van der Waals surface area (Å²) in [5.74, 6) is 0.858. The first-order chi connectivity index (χ1) is 9.78. The van der Waals surface area contributed by atoms with E-state index >= 15 is 0 Å². The summed E-state index contributed by atoms with van der Waals surface area (Å²) in [4.78, 5) is 1.18. The maximum absolute atomic E-state index is 5.81. The summed E-state index contributed by atoms with van der Waals surface area (Å²) in [6, 6.07) is 16.4. The average Bonchev–Trinajstić information content (AvgIpc) is 2.83. The van der Waals surface area contributed by atoms with Crippen LogP contribution in [0.15, 0.2) is 53.4 Å². The number of anilines is 1. The lowest BCUT2D eigenvalue weighted by atomic mass is 10.2. The van der Waals surface area contributed by atoms with Gasteiger partial charge in [0.05, 0.1) is 11.2 Å². The fourth-order valence-corrected chi connectivity index (χ4v) is 3.21. The molecule has 2 N–H and O–H groups in total. The second-order valence-corrected chi connectivity index (χ2v) is 5.69. The number of nitrogens with two attached hydrogens (primary N) is 1. The van der Waals surface area contributed by atoms with Crippen molar-refractivity contribution >= 4 is 28.4 Å². The standard InChI is InChI=1S/C16H17N3S/c1-2-19-16-9-4-3-8-14(16)15(18-19)11-20-13-7-5-6-12(17)10-13/h3-10H,2,11,17H2,1H3. The molecule has 0 atom stereocenters. The van der Waals surface area contributed by atoms with Crippen molar-refractivity contribution in [3.63, 3.8) is 0 Å². The van der Waals surface area contributed by atoms with E-state index in [1.807, 2.05) is 18.2 Å². The van der Waals surface area contributed by atoms with Crippen LogP contribution in [-0.2, 0) is 12.3 Å². The Morgan fingerprint density at radius 1 is 1.15 bits per heavy atom. The quantitative estimate of drug-likeness (QED) is 0.583. The van der Waals surface area contributed by atoms with Crippen LogP contribution in [0.25, 0.3) is 10.9 Å². The summed E-state index contributed by atoms with van der Waals surface area (Å²) >= 11 is 1.77. The van der Waals surface area contributed by atoms with E-state index in [1.165, 1.54) is 15.8 Å². The highest BCUT2D eigenvalue weighted by molar-refractivity contribution is 7.98. The van der Waals surface area contributed by atoms with Gasteiger partial charge in [-0.05, 0) is 31.2 Å². The minimum Gasteiger partial charge on any atom is -0.399 e. The fraction of sp³-hybridized carbons (Fsp3) is 0.188. The van der Waals surface area contributed by atoms with Crippen LogP contribution < -0.4 is 5.73 Å². The Hall–Kier alpha value is -1.94. The fourth-order valence-electron chi connectivity index (χ4n) is 2.30. The predicted molar refractivity (Wildman–Crippen MR) is 85.8 cm³/mol. The molecule has 3 nitrogen and oxygen atoms in total. The van der Waals surface area contributed by atoms with Gasteiger partial charge in [0, 0.05) is 28.3 Å². The van der Waals surface area contributed by atoms with Crippen LogP contribution in [-0.4, -0.2) is 9.78 Å². The molecule has 0 saturated carbocycles. The first-order valence-electron chi connectivity index (χ1n) is 6.70. The number of nitrogens with zero attached hydrogens (tertiary/aromatic N) is 2. The van der Waals surface area contributed by atoms with Crippen molar-refractivity contribution in [1.82, 2.24) is 9.78 Å². The number of thioether (sulfide) groups is 1. The van der Waals surface area contributed by atoms with Crippen molar-refractivity contribution in [1.29, 1.82) is 0 Å². The van der Waals surface area contributed by atoms with Gasteiger partial charge in [-0.3, -0.25) is 4.68 Å². The van der Waals surface area contributed by atoms with Crippen LogP contribution in [0.5, 0.6) is 0 Å². The van der Waals surface area contributed by atoms with Gasteiger partial charge in [-0.15, -0.1) is 11.8 Å². The predicted octanol–water partition coefficient (Wildman–Crippen LogP) is 3.93. The molecule has 102 valence electrons. The molecule has 0 saturated heterocycles. The van der Waals surface area contributed by atoms with E-state index in [-0.39, 0.29) is 0 Å². The number of fused-ring (bicyclic) bond motifs is 1.